The first-order chi connectivity index (χ1) is 11.0. The van der Waals surface area contributed by atoms with E-state index in [9.17, 15) is 4.79 Å². The predicted molar refractivity (Wildman–Crippen MR) is 89.5 cm³/mol. The number of carbonyl (C=O) groups is 1. The van der Waals surface area contributed by atoms with E-state index in [1.807, 2.05) is 32.0 Å². The number of likely N-dealkylation sites (N-methyl/N-ethyl adjacent to an activating group) is 1. The Labute approximate surface area is 136 Å². The van der Waals surface area contributed by atoms with Gasteiger partial charge < -0.3 is 9.64 Å². The van der Waals surface area contributed by atoms with E-state index < -0.39 is 0 Å². The lowest BCUT2D eigenvalue weighted by Crippen LogP contribution is -2.30. The van der Waals surface area contributed by atoms with Gasteiger partial charge >= 0.3 is 0 Å². The molecule has 0 unspecified atom stereocenters. The van der Waals surface area contributed by atoms with Crippen molar-refractivity contribution in [2.45, 2.75) is 13.8 Å². The van der Waals surface area contributed by atoms with Crippen LogP contribution < -0.4 is 4.74 Å². The lowest BCUT2D eigenvalue weighted by atomic mass is 10.1. The normalized spacial score (nSPS) is 10.0. The van der Waals surface area contributed by atoms with Crippen molar-refractivity contribution in [3.8, 4) is 11.8 Å². The van der Waals surface area contributed by atoms with Crippen molar-refractivity contribution < 1.29 is 9.53 Å². The third-order valence-electron chi connectivity index (χ3n) is 3.48. The number of aryl methyl sites for hydroxylation is 2. The number of nitrogens with zero attached hydrogens (tertiary/aromatic N) is 2. The van der Waals surface area contributed by atoms with Crippen LogP contribution in [0, 0.1) is 25.2 Å². The van der Waals surface area contributed by atoms with Crippen LogP contribution in [0.1, 0.15) is 27.0 Å². The molecule has 0 fully saturated rings. The molecule has 2 aromatic carbocycles. The van der Waals surface area contributed by atoms with Crippen LogP contribution in [-0.2, 0) is 0 Å². The van der Waals surface area contributed by atoms with E-state index >= 15 is 0 Å². The summed E-state index contributed by atoms with van der Waals surface area (Å²) in [5.41, 5.74) is 3.30. The van der Waals surface area contributed by atoms with E-state index in [1.165, 1.54) is 0 Å². The van der Waals surface area contributed by atoms with Crippen molar-refractivity contribution in [2.75, 3.05) is 20.2 Å². The first kappa shape index (κ1) is 16.6. The highest BCUT2D eigenvalue weighted by molar-refractivity contribution is 5.94. The van der Waals surface area contributed by atoms with Crippen LogP contribution >= 0.6 is 0 Å². The highest BCUT2D eigenvalue weighted by Crippen LogP contribution is 2.16. The number of hydrogen-bond donors (Lipinski definition) is 0. The number of nitriles is 1. The number of benzene rings is 2. The van der Waals surface area contributed by atoms with E-state index in [2.05, 4.69) is 6.07 Å². The second kappa shape index (κ2) is 7.46. The van der Waals surface area contributed by atoms with Crippen LogP contribution in [-0.4, -0.2) is 31.0 Å². The third kappa shape index (κ3) is 4.58. The van der Waals surface area contributed by atoms with Crippen LogP contribution in [0.4, 0.5) is 0 Å². The number of hydrogen-bond acceptors (Lipinski definition) is 3. The molecule has 0 spiro atoms. The van der Waals surface area contributed by atoms with Gasteiger partial charge in [-0.05, 0) is 55.3 Å². The Morgan fingerprint density at radius 3 is 2.52 bits per heavy atom. The van der Waals surface area contributed by atoms with Crippen molar-refractivity contribution in [2.24, 2.45) is 0 Å². The van der Waals surface area contributed by atoms with Crippen LogP contribution in [0.2, 0.25) is 0 Å². The molecule has 0 bridgehead atoms. The highest BCUT2D eigenvalue weighted by atomic mass is 16.5. The van der Waals surface area contributed by atoms with E-state index in [4.69, 9.17) is 10.00 Å². The molecule has 0 N–H and O–H groups in total. The smallest absolute Gasteiger partial charge is 0.253 e. The molecule has 0 aliphatic rings. The Kier molecular flexibility index (Phi) is 5.37. The lowest BCUT2D eigenvalue weighted by Gasteiger charge is -2.18. The van der Waals surface area contributed by atoms with E-state index in [1.54, 1.807) is 36.2 Å². The van der Waals surface area contributed by atoms with Gasteiger partial charge in [0, 0.05) is 12.6 Å². The fourth-order valence-corrected chi connectivity index (χ4v) is 2.36. The van der Waals surface area contributed by atoms with Gasteiger partial charge in [0.1, 0.15) is 12.4 Å². The molecule has 0 aromatic heterocycles. The first-order valence-electron chi connectivity index (χ1n) is 7.46. The Morgan fingerprint density at radius 2 is 1.87 bits per heavy atom. The molecule has 23 heavy (non-hydrogen) atoms. The monoisotopic (exact) mass is 308 g/mol. The topological polar surface area (TPSA) is 53.3 Å². The molecule has 4 nitrogen and oxygen atoms in total. The fourth-order valence-electron chi connectivity index (χ4n) is 2.36. The number of carbonyl (C=O) groups excluding carboxylic acids is 1. The van der Waals surface area contributed by atoms with E-state index in [0.29, 0.717) is 24.3 Å². The van der Waals surface area contributed by atoms with Crippen LogP contribution in [0.3, 0.4) is 0 Å². The molecule has 2 rings (SSSR count). The maximum atomic E-state index is 12.3. The predicted octanol–water partition coefficient (Wildman–Crippen LogP) is 3.33. The van der Waals surface area contributed by atoms with Crippen molar-refractivity contribution in [1.82, 2.24) is 4.90 Å². The summed E-state index contributed by atoms with van der Waals surface area (Å²) in [7, 11) is 1.73. The molecule has 4 heteroatoms. The second-order valence-corrected chi connectivity index (χ2v) is 5.59. The maximum Gasteiger partial charge on any atom is 0.253 e. The van der Waals surface area contributed by atoms with Crippen molar-refractivity contribution in [3.05, 3.63) is 64.7 Å². The lowest BCUT2D eigenvalue weighted by molar-refractivity contribution is 0.0773. The van der Waals surface area contributed by atoms with Crippen molar-refractivity contribution >= 4 is 5.91 Å². The van der Waals surface area contributed by atoms with Gasteiger partial charge in [-0.15, -0.1) is 0 Å². The van der Waals surface area contributed by atoms with Crippen molar-refractivity contribution in [1.29, 1.82) is 5.26 Å². The number of ether oxygens (including phenoxy) is 1. The Hall–Kier alpha value is -2.80. The van der Waals surface area contributed by atoms with E-state index in [-0.39, 0.29) is 5.91 Å². The molecule has 0 heterocycles. The molecule has 0 atom stereocenters. The molecule has 0 aliphatic heterocycles. The van der Waals surface area contributed by atoms with Gasteiger partial charge in [0.2, 0.25) is 0 Å². The molecular formula is C19H20N2O2. The zero-order valence-corrected chi connectivity index (χ0v) is 13.7. The number of rotatable bonds is 5. The first-order valence-corrected chi connectivity index (χ1v) is 7.46. The fraction of sp³-hybridized carbons (Fsp3) is 0.263. The molecule has 2 aromatic rings. The minimum atomic E-state index is -0.119. The Bertz CT molecular complexity index is 727. The molecular weight excluding hydrogens is 288 g/mol. The van der Waals surface area contributed by atoms with Gasteiger partial charge in [0.15, 0.2) is 0 Å². The van der Waals surface area contributed by atoms with Crippen LogP contribution in [0.15, 0.2) is 42.5 Å². The number of amides is 1. The van der Waals surface area contributed by atoms with Gasteiger partial charge in [0.05, 0.1) is 18.2 Å². The molecule has 0 saturated heterocycles. The standard InChI is InChI=1S/C19H20N2O2/c1-14-9-15(2)11-18(10-14)23-8-7-21(3)19(22)17-6-4-5-16(12-17)13-20/h4-6,9-12H,7-8H2,1-3H3. The summed E-state index contributed by atoms with van der Waals surface area (Å²) in [6, 6.07) is 14.8. The largest absolute Gasteiger partial charge is 0.492 e. The highest BCUT2D eigenvalue weighted by Gasteiger charge is 2.12. The average Bonchev–Trinajstić information content (AvgIpc) is 2.53. The van der Waals surface area contributed by atoms with Gasteiger partial charge in [-0.25, -0.2) is 0 Å². The zero-order chi connectivity index (χ0) is 16.8. The minimum absolute atomic E-state index is 0.119. The van der Waals surface area contributed by atoms with Gasteiger partial charge in [-0.2, -0.15) is 5.26 Å². The molecule has 1 amide bonds. The third-order valence-corrected chi connectivity index (χ3v) is 3.48. The summed E-state index contributed by atoms with van der Waals surface area (Å²) in [6.07, 6.45) is 0. The second-order valence-electron chi connectivity index (χ2n) is 5.59. The quantitative estimate of drug-likeness (QED) is 0.851. The Balaban J connectivity index is 1.92. The molecule has 0 aliphatic carbocycles. The Morgan fingerprint density at radius 1 is 1.17 bits per heavy atom. The van der Waals surface area contributed by atoms with Gasteiger partial charge in [0.25, 0.3) is 5.91 Å². The maximum absolute atomic E-state index is 12.3. The minimum Gasteiger partial charge on any atom is -0.492 e. The summed E-state index contributed by atoms with van der Waals surface area (Å²) >= 11 is 0. The van der Waals surface area contributed by atoms with Crippen molar-refractivity contribution in [3.63, 3.8) is 0 Å². The average molecular weight is 308 g/mol. The summed E-state index contributed by atoms with van der Waals surface area (Å²) in [5, 5.41) is 8.90. The summed E-state index contributed by atoms with van der Waals surface area (Å²) in [5.74, 6) is 0.695. The zero-order valence-electron chi connectivity index (χ0n) is 13.7. The van der Waals surface area contributed by atoms with Gasteiger partial charge in [-0.1, -0.05) is 12.1 Å². The van der Waals surface area contributed by atoms with Crippen LogP contribution in [0.25, 0.3) is 0 Å². The summed E-state index contributed by atoms with van der Waals surface area (Å²) in [4.78, 5) is 13.9. The molecule has 118 valence electrons. The van der Waals surface area contributed by atoms with E-state index in [0.717, 1.165) is 16.9 Å². The summed E-state index contributed by atoms with van der Waals surface area (Å²) in [6.45, 7) is 4.95. The molecule has 0 saturated carbocycles. The van der Waals surface area contributed by atoms with Gasteiger partial charge in [-0.3, -0.25) is 4.79 Å². The molecule has 0 radical (unpaired) electrons. The van der Waals surface area contributed by atoms with Crippen LogP contribution in [0.5, 0.6) is 5.75 Å². The summed E-state index contributed by atoms with van der Waals surface area (Å²) < 4.78 is 5.72. The SMILES string of the molecule is Cc1cc(C)cc(OCCN(C)C(=O)c2cccc(C#N)c2)c1.